The van der Waals surface area contributed by atoms with E-state index < -0.39 is 0 Å². The van der Waals surface area contributed by atoms with E-state index in [2.05, 4.69) is 54.2 Å². The van der Waals surface area contributed by atoms with Crippen LogP contribution in [0.4, 0.5) is 0 Å². The lowest BCUT2D eigenvalue weighted by atomic mass is 10.0. The third kappa shape index (κ3) is 3.23. The van der Waals surface area contributed by atoms with E-state index >= 15 is 0 Å². The maximum absolute atomic E-state index is 13.0. The zero-order valence-electron chi connectivity index (χ0n) is 16.3. The Morgan fingerprint density at radius 2 is 2.11 bits per heavy atom. The highest BCUT2D eigenvalue weighted by Gasteiger charge is 2.35. The second kappa shape index (κ2) is 7.00. The zero-order valence-corrected chi connectivity index (χ0v) is 16.3. The molecule has 0 saturated carbocycles. The predicted octanol–water partition coefficient (Wildman–Crippen LogP) is 1.96. The van der Waals surface area contributed by atoms with E-state index in [0.717, 1.165) is 13.0 Å². The Morgan fingerprint density at radius 1 is 1.30 bits per heavy atom. The molecule has 0 spiro atoms. The molecule has 0 unspecified atom stereocenters. The molecule has 6 nitrogen and oxygen atoms in total. The van der Waals surface area contributed by atoms with E-state index in [1.165, 1.54) is 27.7 Å². The van der Waals surface area contributed by atoms with Gasteiger partial charge in [0, 0.05) is 60.8 Å². The van der Waals surface area contributed by atoms with Gasteiger partial charge in [0.2, 0.25) is 11.8 Å². The van der Waals surface area contributed by atoms with Crippen LogP contribution >= 0.6 is 0 Å². The number of carbonyl (C=O) groups is 2. The smallest absolute Gasteiger partial charge is 0.237 e. The SMILES string of the molecule is Cc1cccc2c3c([nH]c12)CCN(C(=O)C[C@@H]1C(=O)NCCN1C(C)C)C3. The number of fused-ring (bicyclic) bond motifs is 3. The number of H-pyrrole nitrogens is 1. The average Bonchev–Trinajstić information content (AvgIpc) is 3.02. The normalized spacial score (nSPS) is 20.8. The van der Waals surface area contributed by atoms with Crippen molar-refractivity contribution >= 4 is 22.7 Å². The van der Waals surface area contributed by atoms with Crippen LogP contribution in [0.5, 0.6) is 0 Å². The van der Waals surface area contributed by atoms with Gasteiger partial charge in [0.15, 0.2) is 0 Å². The van der Waals surface area contributed by atoms with Gasteiger partial charge in [0.25, 0.3) is 0 Å². The van der Waals surface area contributed by atoms with E-state index in [4.69, 9.17) is 0 Å². The van der Waals surface area contributed by atoms with Crippen LogP contribution in [0, 0.1) is 6.92 Å². The number of para-hydroxylation sites is 1. The Morgan fingerprint density at radius 3 is 2.89 bits per heavy atom. The van der Waals surface area contributed by atoms with E-state index in [1.807, 2.05) is 4.90 Å². The van der Waals surface area contributed by atoms with Crippen LogP contribution < -0.4 is 5.32 Å². The van der Waals surface area contributed by atoms with Crippen molar-refractivity contribution in [1.82, 2.24) is 20.1 Å². The number of aromatic amines is 1. The number of piperazine rings is 1. The maximum Gasteiger partial charge on any atom is 0.237 e. The van der Waals surface area contributed by atoms with Crippen molar-refractivity contribution in [2.24, 2.45) is 0 Å². The molecule has 0 bridgehead atoms. The summed E-state index contributed by atoms with van der Waals surface area (Å²) in [5.41, 5.74) is 4.87. The number of hydrogen-bond acceptors (Lipinski definition) is 3. The molecule has 2 aromatic rings. The summed E-state index contributed by atoms with van der Waals surface area (Å²) in [6, 6.07) is 6.19. The third-order valence-corrected chi connectivity index (χ3v) is 5.97. The quantitative estimate of drug-likeness (QED) is 0.870. The van der Waals surface area contributed by atoms with Crippen molar-refractivity contribution < 1.29 is 9.59 Å². The number of amides is 2. The molecule has 2 amide bonds. The summed E-state index contributed by atoms with van der Waals surface area (Å²) >= 11 is 0. The number of nitrogens with zero attached hydrogens (tertiary/aromatic N) is 2. The first-order valence-electron chi connectivity index (χ1n) is 9.86. The standard InChI is InChI=1S/C21H28N4O2/c1-13(2)25-10-8-22-21(27)18(25)11-19(26)24-9-7-17-16(12-24)15-6-4-5-14(3)20(15)23-17/h4-6,13,18,23H,7-12H2,1-3H3,(H,22,27)/t18-/m1/s1. The Bertz CT molecular complexity index is 886. The molecule has 2 aliphatic rings. The van der Waals surface area contributed by atoms with Gasteiger partial charge in [0.05, 0.1) is 12.5 Å². The first-order chi connectivity index (χ1) is 13.0. The molecule has 27 heavy (non-hydrogen) atoms. The molecule has 3 heterocycles. The minimum absolute atomic E-state index is 0.0243. The van der Waals surface area contributed by atoms with Gasteiger partial charge >= 0.3 is 0 Å². The number of carbonyl (C=O) groups excluding carboxylic acids is 2. The van der Waals surface area contributed by atoms with Crippen LogP contribution in [0.15, 0.2) is 18.2 Å². The Hall–Kier alpha value is -2.34. The summed E-state index contributed by atoms with van der Waals surface area (Å²) in [6.07, 6.45) is 1.08. The summed E-state index contributed by atoms with van der Waals surface area (Å²) in [6.45, 7) is 9.04. The Balaban J connectivity index is 1.53. The molecule has 1 aromatic heterocycles. The van der Waals surface area contributed by atoms with Crippen molar-refractivity contribution in [3.8, 4) is 0 Å². The average molecular weight is 368 g/mol. The second-order valence-electron chi connectivity index (χ2n) is 7.99. The van der Waals surface area contributed by atoms with Crippen molar-refractivity contribution in [3.05, 3.63) is 35.0 Å². The number of nitrogens with one attached hydrogen (secondary N) is 2. The Labute approximate surface area is 159 Å². The monoisotopic (exact) mass is 368 g/mol. The molecule has 0 radical (unpaired) electrons. The summed E-state index contributed by atoms with van der Waals surface area (Å²) < 4.78 is 0. The number of aryl methyl sites for hydroxylation is 1. The van der Waals surface area contributed by atoms with Crippen LogP contribution in [-0.4, -0.2) is 58.3 Å². The molecule has 0 aliphatic carbocycles. The van der Waals surface area contributed by atoms with Crippen molar-refractivity contribution in [3.63, 3.8) is 0 Å². The fourth-order valence-electron chi connectivity index (χ4n) is 4.45. The number of hydrogen-bond donors (Lipinski definition) is 2. The fourth-order valence-corrected chi connectivity index (χ4v) is 4.45. The molecular formula is C21H28N4O2. The minimum atomic E-state index is -0.363. The first-order valence-corrected chi connectivity index (χ1v) is 9.86. The van der Waals surface area contributed by atoms with Gasteiger partial charge in [0.1, 0.15) is 0 Å². The van der Waals surface area contributed by atoms with Gasteiger partial charge in [-0.15, -0.1) is 0 Å². The van der Waals surface area contributed by atoms with Gasteiger partial charge in [-0.2, -0.15) is 0 Å². The van der Waals surface area contributed by atoms with Crippen molar-refractivity contribution in [2.75, 3.05) is 19.6 Å². The summed E-state index contributed by atoms with van der Waals surface area (Å²) in [5.74, 6) is 0.0408. The van der Waals surface area contributed by atoms with E-state index in [1.54, 1.807) is 0 Å². The van der Waals surface area contributed by atoms with Gasteiger partial charge < -0.3 is 15.2 Å². The molecule has 4 rings (SSSR count). The highest BCUT2D eigenvalue weighted by molar-refractivity contribution is 5.90. The molecule has 1 saturated heterocycles. The maximum atomic E-state index is 13.0. The van der Waals surface area contributed by atoms with E-state index in [9.17, 15) is 9.59 Å². The fraction of sp³-hybridized carbons (Fsp3) is 0.524. The summed E-state index contributed by atoms with van der Waals surface area (Å²) in [4.78, 5) is 33.0. The van der Waals surface area contributed by atoms with E-state index in [0.29, 0.717) is 19.6 Å². The molecule has 1 aromatic carbocycles. The zero-order chi connectivity index (χ0) is 19.1. The highest BCUT2D eigenvalue weighted by Crippen LogP contribution is 2.30. The van der Waals surface area contributed by atoms with Crippen molar-refractivity contribution in [1.29, 1.82) is 0 Å². The van der Waals surface area contributed by atoms with Crippen LogP contribution in [0.1, 0.15) is 37.1 Å². The summed E-state index contributed by atoms with van der Waals surface area (Å²) in [5, 5.41) is 4.12. The van der Waals surface area contributed by atoms with Crippen LogP contribution in [0.25, 0.3) is 10.9 Å². The lowest BCUT2D eigenvalue weighted by Crippen LogP contribution is -2.58. The number of aromatic nitrogens is 1. The number of benzene rings is 1. The van der Waals surface area contributed by atoms with Crippen LogP contribution in [-0.2, 0) is 22.6 Å². The minimum Gasteiger partial charge on any atom is -0.358 e. The van der Waals surface area contributed by atoms with Gasteiger partial charge in [-0.05, 0) is 26.3 Å². The highest BCUT2D eigenvalue weighted by atomic mass is 16.2. The first kappa shape index (κ1) is 18.0. The van der Waals surface area contributed by atoms with Gasteiger partial charge in [-0.25, -0.2) is 0 Å². The second-order valence-corrected chi connectivity index (χ2v) is 7.99. The van der Waals surface area contributed by atoms with Crippen molar-refractivity contribution in [2.45, 2.75) is 52.2 Å². The van der Waals surface area contributed by atoms with Gasteiger partial charge in [-0.1, -0.05) is 18.2 Å². The molecule has 2 aliphatic heterocycles. The number of rotatable bonds is 3. The Kier molecular flexibility index (Phi) is 4.68. The lowest BCUT2D eigenvalue weighted by molar-refractivity contribution is -0.140. The largest absolute Gasteiger partial charge is 0.358 e. The molecular weight excluding hydrogens is 340 g/mol. The molecule has 6 heteroatoms. The molecule has 144 valence electrons. The topological polar surface area (TPSA) is 68.4 Å². The molecule has 1 atom stereocenters. The lowest BCUT2D eigenvalue weighted by Gasteiger charge is -2.38. The van der Waals surface area contributed by atoms with E-state index in [-0.39, 0.29) is 30.3 Å². The third-order valence-electron chi connectivity index (χ3n) is 5.97. The summed E-state index contributed by atoms with van der Waals surface area (Å²) in [7, 11) is 0. The van der Waals surface area contributed by atoms with Crippen LogP contribution in [0.3, 0.4) is 0 Å². The molecule has 2 N–H and O–H groups in total. The van der Waals surface area contributed by atoms with Crippen LogP contribution in [0.2, 0.25) is 0 Å². The predicted molar refractivity (Wildman–Crippen MR) is 105 cm³/mol. The van der Waals surface area contributed by atoms with Gasteiger partial charge in [-0.3, -0.25) is 14.5 Å². The molecule has 1 fully saturated rings.